The smallest absolute Gasteiger partial charge is 0.278 e. The molecule has 0 aliphatic carbocycles. The Bertz CT molecular complexity index is 1080. The molecular weight excluding hydrogens is 374 g/mol. The molecule has 0 radical (unpaired) electrons. The lowest BCUT2D eigenvalue weighted by Crippen LogP contribution is -2.38. The zero-order valence-corrected chi connectivity index (χ0v) is 15.5. The first-order valence-electron chi connectivity index (χ1n) is 9.21. The van der Waals surface area contributed by atoms with Crippen LogP contribution >= 0.6 is 0 Å². The number of aromatic nitrogens is 2. The van der Waals surface area contributed by atoms with Gasteiger partial charge >= 0.3 is 0 Å². The molecule has 2 aromatic heterocycles. The van der Waals surface area contributed by atoms with E-state index in [0.717, 1.165) is 37.0 Å². The second-order valence-corrected chi connectivity index (χ2v) is 6.83. The molecule has 3 heterocycles. The number of nitrogens with two attached hydrogens (primary N) is 1. The van der Waals surface area contributed by atoms with Gasteiger partial charge in [0.05, 0.1) is 10.3 Å². The Balaban J connectivity index is 1.49. The van der Waals surface area contributed by atoms with Crippen LogP contribution < -0.4 is 15.4 Å². The van der Waals surface area contributed by atoms with Crippen molar-refractivity contribution >= 4 is 28.1 Å². The summed E-state index contributed by atoms with van der Waals surface area (Å²) in [5.41, 5.74) is 6.44. The number of ether oxygens (including phenoxy) is 1. The number of carbonyl (C=O) groups excluding carboxylic acids is 1. The third-order valence-electron chi connectivity index (χ3n) is 5.04. The van der Waals surface area contributed by atoms with Crippen LogP contribution in [0, 0.1) is 10.1 Å². The van der Waals surface area contributed by atoms with E-state index in [1.54, 1.807) is 24.4 Å². The predicted molar refractivity (Wildman–Crippen MR) is 107 cm³/mol. The van der Waals surface area contributed by atoms with Gasteiger partial charge in [-0.2, -0.15) is 0 Å². The van der Waals surface area contributed by atoms with Crippen LogP contribution in [0.25, 0.3) is 10.8 Å². The van der Waals surface area contributed by atoms with Gasteiger partial charge in [-0.15, -0.1) is 0 Å². The molecule has 0 unspecified atom stereocenters. The molecule has 1 fully saturated rings. The Hall–Kier alpha value is -3.75. The second-order valence-electron chi connectivity index (χ2n) is 6.83. The van der Waals surface area contributed by atoms with Crippen molar-refractivity contribution in [3.8, 4) is 5.75 Å². The molecule has 29 heavy (non-hydrogen) atoms. The highest BCUT2D eigenvalue weighted by Gasteiger charge is 2.24. The van der Waals surface area contributed by atoms with Crippen molar-refractivity contribution < 1.29 is 14.5 Å². The molecule has 9 heteroatoms. The average molecular weight is 393 g/mol. The van der Waals surface area contributed by atoms with E-state index >= 15 is 0 Å². The maximum Gasteiger partial charge on any atom is 0.278 e. The van der Waals surface area contributed by atoms with Crippen LogP contribution in [0.2, 0.25) is 0 Å². The Kier molecular flexibility index (Phi) is 4.94. The zero-order chi connectivity index (χ0) is 20.4. The summed E-state index contributed by atoms with van der Waals surface area (Å²) in [6.07, 6.45) is 6.23. The first-order chi connectivity index (χ1) is 14.0. The van der Waals surface area contributed by atoms with Gasteiger partial charge in [-0.05, 0) is 18.2 Å². The molecule has 148 valence electrons. The number of benzene rings is 1. The Morgan fingerprint density at radius 2 is 1.97 bits per heavy atom. The standard InChI is InChI=1S/C20H19N5O4/c21-20(26)17-11-14(3-8-23-17)29-13-5-9-24(10-6-13)18-1-2-19(25(27)28)16-12-22-7-4-15(16)18/h1-4,7-8,11-13H,5-6,9-10H2,(H2,21,26). The number of hydrogen-bond donors (Lipinski definition) is 1. The maximum absolute atomic E-state index is 11.3. The fourth-order valence-corrected chi connectivity index (χ4v) is 3.62. The van der Waals surface area contributed by atoms with E-state index in [-0.39, 0.29) is 22.4 Å². The largest absolute Gasteiger partial charge is 0.490 e. The lowest BCUT2D eigenvalue weighted by Gasteiger charge is -2.34. The molecule has 9 nitrogen and oxygen atoms in total. The third-order valence-corrected chi connectivity index (χ3v) is 5.04. The van der Waals surface area contributed by atoms with Crippen LogP contribution in [0.4, 0.5) is 11.4 Å². The van der Waals surface area contributed by atoms with E-state index in [4.69, 9.17) is 10.5 Å². The van der Waals surface area contributed by atoms with Gasteiger partial charge in [0.1, 0.15) is 17.5 Å². The van der Waals surface area contributed by atoms with Gasteiger partial charge in [-0.3, -0.25) is 24.9 Å². The highest BCUT2D eigenvalue weighted by atomic mass is 16.6. The van der Waals surface area contributed by atoms with Crippen LogP contribution in [-0.2, 0) is 0 Å². The number of pyridine rings is 2. The van der Waals surface area contributed by atoms with E-state index < -0.39 is 5.91 Å². The molecular formula is C20H19N5O4. The van der Waals surface area contributed by atoms with Gasteiger partial charge in [-0.1, -0.05) is 0 Å². The summed E-state index contributed by atoms with van der Waals surface area (Å²) in [5.74, 6) is -0.0241. The van der Waals surface area contributed by atoms with Crippen molar-refractivity contribution in [3.05, 3.63) is 64.7 Å². The van der Waals surface area contributed by atoms with E-state index in [9.17, 15) is 14.9 Å². The fourth-order valence-electron chi connectivity index (χ4n) is 3.62. The van der Waals surface area contributed by atoms with Crippen molar-refractivity contribution in [3.63, 3.8) is 0 Å². The van der Waals surface area contributed by atoms with Crippen LogP contribution in [0.1, 0.15) is 23.3 Å². The fraction of sp³-hybridized carbons (Fsp3) is 0.250. The van der Waals surface area contributed by atoms with Crippen LogP contribution in [0.15, 0.2) is 48.9 Å². The molecule has 4 rings (SSSR count). The SMILES string of the molecule is NC(=O)c1cc(OC2CCN(c3ccc([N+](=O)[O-])c4cnccc34)CC2)ccn1. The van der Waals surface area contributed by atoms with Gasteiger partial charge in [0.2, 0.25) is 0 Å². The van der Waals surface area contributed by atoms with Gasteiger partial charge in [0.25, 0.3) is 11.6 Å². The molecule has 0 atom stereocenters. The molecule has 0 spiro atoms. The first-order valence-corrected chi connectivity index (χ1v) is 9.21. The molecule has 1 amide bonds. The number of primary amides is 1. The van der Waals surface area contributed by atoms with Crippen LogP contribution in [0.5, 0.6) is 5.75 Å². The number of amides is 1. The number of rotatable bonds is 5. The quantitative estimate of drug-likeness (QED) is 0.522. The topological polar surface area (TPSA) is 124 Å². The molecule has 0 bridgehead atoms. The average Bonchev–Trinajstić information content (AvgIpc) is 2.73. The number of non-ortho nitro benzene ring substituents is 1. The Labute approximate surface area is 166 Å². The molecule has 0 saturated carbocycles. The zero-order valence-electron chi connectivity index (χ0n) is 15.5. The lowest BCUT2D eigenvalue weighted by molar-refractivity contribution is -0.383. The molecule has 3 aromatic rings. The molecule has 1 aliphatic rings. The third kappa shape index (κ3) is 3.79. The summed E-state index contributed by atoms with van der Waals surface area (Å²) < 4.78 is 5.99. The van der Waals surface area contributed by atoms with E-state index in [1.807, 2.05) is 6.07 Å². The monoisotopic (exact) mass is 393 g/mol. The number of fused-ring (bicyclic) bond motifs is 1. The first kappa shape index (κ1) is 18.6. The minimum absolute atomic E-state index is 0.000329. The number of nitro groups is 1. The minimum Gasteiger partial charge on any atom is -0.490 e. The number of nitro benzene ring substituents is 1. The highest BCUT2D eigenvalue weighted by Crippen LogP contribution is 2.34. The van der Waals surface area contributed by atoms with Crippen molar-refractivity contribution in [2.24, 2.45) is 5.73 Å². The molecule has 1 aliphatic heterocycles. The summed E-state index contributed by atoms with van der Waals surface area (Å²) in [6.45, 7) is 1.49. The predicted octanol–water partition coefficient (Wildman–Crippen LogP) is 2.68. The number of nitrogens with zero attached hydrogens (tertiary/aromatic N) is 4. The summed E-state index contributed by atoms with van der Waals surface area (Å²) in [6, 6.07) is 8.39. The van der Waals surface area contributed by atoms with Gasteiger partial charge in [-0.25, -0.2) is 0 Å². The van der Waals surface area contributed by atoms with E-state index in [0.29, 0.717) is 11.1 Å². The number of anilines is 1. The minimum atomic E-state index is -0.593. The summed E-state index contributed by atoms with van der Waals surface area (Å²) in [4.78, 5) is 32.3. The summed E-state index contributed by atoms with van der Waals surface area (Å²) >= 11 is 0. The van der Waals surface area contributed by atoms with Crippen molar-refractivity contribution in [2.45, 2.75) is 18.9 Å². The number of hydrogen-bond acceptors (Lipinski definition) is 7. The Morgan fingerprint density at radius 3 is 2.69 bits per heavy atom. The van der Waals surface area contributed by atoms with Gasteiger partial charge in [0.15, 0.2) is 0 Å². The van der Waals surface area contributed by atoms with Crippen LogP contribution in [0.3, 0.4) is 0 Å². The number of carbonyl (C=O) groups is 1. The number of piperidine rings is 1. The highest BCUT2D eigenvalue weighted by molar-refractivity contribution is 5.99. The molecule has 1 aromatic carbocycles. The normalized spacial score (nSPS) is 14.7. The van der Waals surface area contributed by atoms with Crippen molar-refractivity contribution in [2.75, 3.05) is 18.0 Å². The van der Waals surface area contributed by atoms with Crippen molar-refractivity contribution in [1.29, 1.82) is 0 Å². The van der Waals surface area contributed by atoms with Crippen LogP contribution in [-0.4, -0.2) is 40.0 Å². The lowest BCUT2D eigenvalue weighted by atomic mass is 10.0. The summed E-state index contributed by atoms with van der Waals surface area (Å²) in [7, 11) is 0. The van der Waals surface area contributed by atoms with Crippen molar-refractivity contribution in [1.82, 2.24) is 9.97 Å². The molecule has 1 saturated heterocycles. The van der Waals surface area contributed by atoms with E-state index in [1.165, 1.54) is 18.5 Å². The Morgan fingerprint density at radius 1 is 1.17 bits per heavy atom. The van der Waals surface area contributed by atoms with Gasteiger partial charge in [0, 0.05) is 67.7 Å². The van der Waals surface area contributed by atoms with Gasteiger partial charge < -0.3 is 15.4 Å². The molecule has 2 N–H and O–H groups in total. The maximum atomic E-state index is 11.3. The summed E-state index contributed by atoms with van der Waals surface area (Å²) in [5, 5.41) is 12.6. The van der Waals surface area contributed by atoms with E-state index in [2.05, 4.69) is 14.9 Å². The second kappa shape index (κ2) is 7.70.